The standard InChI is InChI=1S/C11H15N3O/c15-10(9-4-2-1-3-5-9)8-14-11-12-6-7-13-11/h1-5,10,15H,6-8H2,(H2,12,13,14). The first-order valence-electron chi connectivity index (χ1n) is 5.11. The number of nitrogens with one attached hydrogen (secondary N) is 2. The van der Waals surface area contributed by atoms with Crippen molar-refractivity contribution in [3.05, 3.63) is 35.9 Å². The van der Waals surface area contributed by atoms with E-state index in [1.54, 1.807) is 0 Å². The summed E-state index contributed by atoms with van der Waals surface area (Å²) in [5, 5.41) is 16.0. The molecular formula is C11H15N3O. The maximum atomic E-state index is 9.84. The minimum absolute atomic E-state index is 0.482. The van der Waals surface area contributed by atoms with Gasteiger partial charge in [-0.2, -0.15) is 0 Å². The molecule has 4 nitrogen and oxygen atoms in total. The molecule has 0 radical (unpaired) electrons. The highest BCUT2D eigenvalue weighted by Crippen LogP contribution is 2.10. The zero-order valence-corrected chi connectivity index (χ0v) is 8.48. The Balaban J connectivity index is 1.84. The molecular weight excluding hydrogens is 190 g/mol. The van der Waals surface area contributed by atoms with Crippen LogP contribution < -0.4 is 10.6 Å². The first-order valence-corrected chi connectivity index (χ1v) is 5.11. The van der Waals surface area contributed by atoms with Gasteiger partial charge in [0.25, 0.3) is 0 Å². The molecule has 0 spiro atoms. The van der Waals surface area contributed by atoms with Crippen LogP contribution in [0.4, 0.5) is 0 Å². The molecule has 1 heterocycles. The first-order chi connectivity index (χ1) is 7.36. The maximum Gasteiger partial charge on any atom is 0.191 e. The Labute approximate surface area is 89.0 Å². The van der Waals surface area contributed by atoms with E-state index in [9.17, 15) is 5.11 Å². The molecule has 0 aromatic heterocycles. The van der Waals surface area contributed by atoms with Crippen LogP contribution in [-0.4, -0.2) is 30.7 Å². The zero-order chi connectivity index (χ0) is 10.5. The lowest BCUT2D eigenvalue weighted by Crippen LogP contribution is -2.36. The van der Waals surface area contributed by atoms with Crippen molar-refractivity contribution in [3.8, 4) is 0 Å². The van der Waals surface area contributed by atoms with E-state index in [1.165, 1.54) is 0 Å². The summed E-state index contributed by atoms with van der Waals surface area (Å²) >= 11 is 0. The molecule has 1 aromatic rings. The van der Waals surface area contributed by atoms with Crippen LogP contribution in [0.15, 0.2) is 35.3 Å². The van der Waals surface area contributed by atoms with Crippen molar-refractivity contribution in [1.29, 1.82) is 0 Å². The molecule has 1 aromatic carbocycles. The molecule has 1 aliphatic rings. The highest BCUT2D eigenvalue weighted by Gasteiger charge is 2.09. The maximum absolute atomic E-state index is 9.84. The van der Waals surface area contributed by atoms with Crippen molar-refractivity contribution in [1.82, 2.24) is 10.6 Å². The van der Waals surface area contributed by atoms with Gasteiger partial charge in [0.2, 0.25) is 0 Å². The summed E-state index contributed by atoms with van der Waals surface area (Å²) in [6, 6.07) is 9.60. The Morgan fingerprint density at radius 3 is 2.87 bits per heavy atom. The number of aliphatic hydroxyl groups is 1. The molecule has 0 aliphatic carbocycles. The third kappa shape index (κ3) is 2.70. The quantitative estimate of drug-likeness (QED) is 0.664. The number of hydrogen-bond donors (Lipinski definition) is 3. The van der Waals surface area contributed by atoms with Gasteiger partial charge in [-0.15, -0.1) is 0 Å². The summed E-state index contributed by atoms with van der Waals surface area (Å²) in [4.78, 5) is 4.18. The highest BCUT2D eigenvalue weighted by atomic mass is 16.3. The summed E-state index contributed by atoms with van der Waals surface area (Å²) in [5.41, 5.74) is 0.920. The normalized spacial score (nSPS) is 16.7. The van der Waals surface area contributed by atoms with Crippen molar-refractivity contribution < 1.29 is 5.11 Å². The first kappa shape index (κ1) is 9.98. The molecule has 0 fully saturated rings. The van der Waals surface area contributed by atoms with E-state index in [-0.39, 0.29) is 0 Å². The number of aliphatic hydroxyl groups excluding tert-OH is 1. The second-order valence-corrected chi connectivity index (χ2v) is 3.46. The number of benzene rings is 1. The van der Waals surface area contributed by atoms with Crippen molar-refractivity contribution >= 4 is 5.96 Å². The predicted octanol–water partition coefficient (Wildman–Crippen LogP) is 0.269. The van der Waals surface area contributed by atoms with Gasteiger partial charge >= 0.3 is 0 Å². The van der Waals surface area contributed by atoms with E-state index in [2.05, 4.69) is 15.6 Å². The largest absolute Gasteiger partial charge is 0.387 e. The van der Waals surface area contributed by atoms with Crippen molar-refractivity contribution in [3.63, 3.8) is 0 Å². The van der Waals surface area contributed by atoms with E-state index in [4.69, 9.17) is 0 Å². The molecule has 1 unspecified atom stereocenters. The van der Waals surface area contributed by atoms with Crippen LogP contribution in [-0.2, 0) is 0 Å². The van der Waals surface area contributed by atoms with E-state index >= 15 is 0 Å². The number of guanidine groups is 1. The predicted molar refractivity (Wildman–Crippen MR) is 59.7 cm³/mol. The van der Waals surface area contributed by atoms with Gasteiger partial charge in [-0.05, 0) is 5.56 Å². The minimum atomic E-state index is -0.490. The van der Waals surface area contributed by atoms with Gasteiger partial charge in [-0.3, -0.25) is 4.99 Å². The van der Waals surface area contributed by atoms with Crippen molar-refractivity contribution in [2.24, 2.45) is 4.99 Å². The minimum Gasteiger partial charge on any atom is -0.387 e. The average Bonchev–Trinajstić information content (AvgIpc) is 2.80. The highest BCUT2D eigenvalue weighted by molar-refractivity contribution is 5.81. The van der Waals surface area contributed by atoms with Crippen molar-refractivity contribution in [2.45, 2.75) is 6.10 Å². The van der Waals surface area contributed by atoms with E-state index in [0.717, 1.165) is 24.6 Å². The number of nitrogens with zero attached hydrogens (tertiary/aromatic N) is 1. The number of hydrogen-bond acceptors (Lipinski definition) is 4. The molecule has 1 atom stereocenters. The lowest BCUT2D eigenvalue weighted by Gasteiger charge is -2.12. The Bertz CT molecular complexity index is 337. The Morgan fingerprint density at radius 2 is 2.20 bits per heavy atom. The average molecular weight is 205 g/mol. The molecule has 4 heteroatoms. The molecule has 0 amide bonds. The van der Waals surface area contributed by atoms with E-state index in [1.807, 2.05) is 30.3 Å². The second kappa shape index (κ2) is 4.79. The molecule has 15 heavy (non-hydrogen) atoms. The second-order valence-electron chi connectivity index (χ2n) is 3.46. The third-order valence-corrected chi connectivity index (χ3v) is 2.32. The van der Waals surface area contributed by atoms with Crippen LogP contribution in [0.25, 0.3) is 0 Å². The summed E-state index contributed by atoms with van der Waals surface area (Å²) in [6.07, 6.45) is -0.490. The van der Waals surface area contributed by atoms with Gasteiger partial charge in [0.1, 0.15) is 0 Å². The molecule has 80 valence electrons. The lowest BCUT2D eigenvalue weighted by atomic mass is 10.1. The SMILES string of the molecule is OC(CNC1=NCCN1)c1ccccc1. The summed E-state index contributed by atoms with van der Waals surface area (Å²) in [5.74, 6) is 0.782. The molecule has 3 N–H and O–H groups in total. The smallest absolute Gasteiger partial charge is 0.191 e. The van der Waals surface area contributed by atoms with Crippen LogP contribution in [0.1, 0.15) is 11.7 Å². The topological polar surface area (TPSA) is 56.6 Å². The fourth-order valence-electron chi connectivity index (χ4n) is 1.50. The molecule has 0 bridgehead atoms. The van der Waals surface area contributed by atoms with E-state index in [0.29, 0.717) is 6.54 Å². The van der Waals surface area contributed by atoms with Gasteiger partial charge in [0.05, 0.1) is 12.6 Å². The van der Waals surface area contributed by atoms with Crippen LogP contribution in [0, 0.1) is 0 Å². The van der Waals surface area contributed by atoms with Crippen LogP contribution >= 0.6 is 0 Å². The summed E-state index contributed by atoms with van der Waals surface area (Å²) in [6.45, 7) is 2.17. The van der Waals surface area contributed by atoms with Gasteiger partial charge in [0, 0.05) is 13.1 Å². The fourth-order valence-corrected chi connectivity index (χ4v) is 1.50. The van der Waals surface area contributed by atoms with Crippen LogP contribution in [0.2, 0.25) is 0 Å². The third-order valence-electron chi connectivity index (χ3n) is 2.32. The lowest BCUT2D eigenvalue weighted by molar-refractivity contribution is 0.181. The van der Waals surface area contributed by atoms with Crippen molar-refractivity contribution in [2.75, 3.05) is 19.6 Å². The Morgan fingerprint density at radius 1 is 1.40 bits per heavy atom. The fraction of sp³-hybridized carbons (Fsp3) is 0.364. The number of rotatable bonds is 3. The molecule has 1 aliphatic heterocycles. The van der Waals surface area contributed by atoms with Crippen LogP contribution in [0.3, 0.4) is 0 Å². The molecule has 0 saturated heterocycles. The zero-order valence-electron chi connectivity index (χ0n) is 8.48. The monoisotopic (exact) mass is 205 g/mol. The number of aliphatic imine (C=N–C) groups is 1. The van der Waals surface area contributed by atoms with Crippen LogP contribution in [0.5, 0.6) is 0 Å². The van der Waals surface area contributed by atoms with Gasteiger partial charge < -0.3 is 15.7 Å². The molecule has 2 rings (SSSR count). The van der Waals surface area contributed by atoms with Gasteiger partial charge in [-0.25, -0.2) is 0 Å². The molecule has 0 saturated carbocycles. The Kier molecular flexibility index (Phi) is 3.19. The van der Waals surface area contributed by atoms with Gasteiger partial charge in [0.15, 0.2) is 5.96 Å². The Hall–Kier alpha value is -1.55. The summed E-state index contributed by atoms with van der Waals surface area (Å²) in [7, 11) is 0. The van der Waals surface area contributed by atoms with E-state index < -0.39 is 6.10 Å². The summed E-state index contributed by atoms with van der Waals surface area (Å²) < 4.78 is 0. The van der Waals surface area contributed by atoms with Gasteiger partial charge in [-0.1, -0.05) is 30.3 Å².